The fraction of sp³-hybridized carbons (Fsp3) is 0.143. The molecular weight excluding hydrogens is 361 g/mol. The molecule has 0 saturated heterocycles. The van der Waals surface area contributed by atoms with E-state index >= 15 is 0 Å². The van der Waals surface area contributed by atoms with Crippen molar-refractivity contribution in [2.45, 2.75) is 11.3 Å². The van der Waals surface area contributed by atoms with Gasteiger partial charge in [0, 0.05) is 11.1 Å². The SMILES string of the molecule is O=S(=O)(Nc1ccc(F)cc1Br)c1ccc(CCO)cc1. The monoisotopic (exact) mass is 373 g/mol. The molecule has 2 aromatic rings. The van der Waals surface area contributed by atoms with Crippen molar-refractivity contribution >= 4 is 31.6 Å². The van der Waals surface area contributed by atoms with Crippen molar-refractivity contribution in [3.63, 3.8) is 0 Å². The summed E-state index contributed by atoms with van der Waals surface area (Å²) in [5.41, 5.74) is 1.11. The Morgan fingerprint density at radius 3 is 2.38 bits per heavy atom. The number of hydrogen-bond donors (Lipinski definition) is 2. The second-order valence-corrected chi connectivity index (χ2v) is 6.88. The minimum Gasteiger partial charge on any atom is -0.396 e. The average Bonchev–Trinajstić information content (AvgIpc) is 2.43. The number of aliphatic hydroxyl groups excluding tert-OH is 1. The lowest BCUT2D eigenvalue weighted by molar-refractivity contribution is 0.299. The van der Waals surface area contributed by atoms with Crippen LogP contribution in [0.15, 0.2) is 51.8 Å². The third-order valence-corrected chi connectivity index (χ3v) is 4.85. The Morgan fingerprint density at radius 1 is 1.14 bits per heavy atom. The maximum Gasteiger partial charge on any atom is 0.261 e. The Labute approximate surface area is 130 Å². The Hall–Kier alpha value is -1.44. The molecule has 21 heavy (non-hydrogen) atoms. The normalized spacial score (nSPS) is 11.4. The van der Waals surface area contributed by atoms with Gasteiger partial charge in [-0.3, -0.25) is 4.72 Å². The van der Waals surface area contributed by atoms with Crippen LogP contribution in [0.1, 0.15) is 5.56 Å². The minimum absolute atomic E-state index is 0.00682. The first-order chi connectivity index (χ1) is 9.92. The molecule has 2 aromatic carbocycles. The van der Waals surface area contributed by atoms with Crippen LogP contribution in [0.3, 0.4) is 0 Å². The van der Waals surface area contributed by atoms with Crippen molar-refractivity contribution in [3.05, 3.63) is 58.3 Å². The highest BCUT2D eigenvalue weighted by atomic mass is 79.9. The number of aliphatic hydroxyl groups is 1. The lowest BCUT2D eigenvalue weighted by Gasteiger charge is -2.10. The van der Waals surface area contributed by atoms with Gasteiger partial charge in [0.15, 0.2) is 0 Å². The number of hydrogen-bond acceptors (Lipinski definition) is 3. The van der Waals surface area contributed by atoms with Gasteiger partial charge in [-0.2, -0.15) is 0 Å². The number of benzene rings is 2. The first-order valence-corrected chi connectivity index (χ1v) is 8.37. The summed E-state index contributed by atoms with van der Waals surface area (Å²) in [5, 5.41) is 8.83. The van der Waals surface area contributed by atoms with E-state index in [4.69, 9.17) is 5.11 Å². The van der Waals surface area contributed by atoms with Gasteiger partial charge in [0.2, 0.25) is 0 Å². The summed E-state index contributed by atoms with van der Waals surface area (Å²) in [5.74, 6) is -0.460. The second-order valence-electron chi connectivity index (χ2n) is 4.35. The highest BCUT2D eigenvalue weighted by molar-refractivity contribution is 9.10. The number of rotatable bonds is 5. The lowest BCUT2D eigenvalue weighted by Crippen LogP contribution is -2.13. The predicted octanol–water partition coefficient (Wildman–Crippen LogP) is 2.92. The van der Waals surface area contributed by atoms with Crippen molar-refractivity contribution in [3.8, 4) is 0 Å². The van der Waals surface area contributed by atoms with Gasteiger partial charge in [0.05, 0.1) is 10.6 Å². The molecule has 7 heteroatoms. The van der Waals surface area contributed by atoms with E-state index in [1.165, 1.54) is 30.3 Å². The summed E-state index contributed by atoms with van der Waals surface area (Å²) in [6, 6.07) is 9.91. The highest BCUT2D eigenvalue weighted by Gasteiger charge is 2.15. The molecule has 0 amide bonds. The average molecular weight is 374 g/mol. The van der Waals surface area contributed by atoms with Gasteiger partial charge >= 0.3 is 0 Å². The summed E-state index contributed by atoms with van der Waals surface area (Å²) in [7, 11) is -3.75. The summed E-state index contributed by atoms with van der Waals surface area (Å²) >= 11 is 3.11. The van der Waals surface area contributed by atoms with E-state index in [9.17, 15) is 12.8 Å². The molecule has 0 atom stereocenters. The largest absolute Gasteiger partial charge is 0.396 e. The molecule has 0 aliphatic carbocycles. The highest BCUT2D eigenvalue weighted by Crippen LogP contribution is 2.25. The van der Waals surface area contributed by atoms with E-state index in [1.807, 2.05) is 0 Å². The Bertz CT molecular complexity index is 732. The maximum absolute atomic E-state index is 13.0. The zero-order valence-corrected chi connectivity index (χ0v) is 13.3. The molecule has 0 bridgehead atoms. The fourth-order valence-corrected chi connectivity index (χ4v) is 3.40. The summed E-state index contributed by atoms with van der Waals surface area (Å²) < 4.78 is 40.2. The fourth-order valence-electron chi connectivity index (χ4n) is 1.74. The van der Waals surface area contributed by atoms with Crippen LogP contribution < -0.4 is 4.72 Å². The van der Waals surface area contributed by atoms with E-state index in [-0.39, 0.29) is 17.2 Å². The zero-order chi connectivity index (χ0) is 15.5. The van der Waals surface area contributed by atoms with Crippen molar-refractivity contribution in [1.29, 1.82) is 0 Å². The molecule has 0 radical (unpaired) electrons. The van der Waals surface area contributed by atoms with Gasteiger partial charge < -0.3 is 5.11 Å². The molecular formula is C14H13BrFNO3S. The van der Waals surface area contributed by atoms with Gasteiger partial charge in [0.25, 0.3) is 10.0 Å². The topological polar surface area (TPSA) is 66.4 Å². The molecule has 0 saturated carbocycles. The minimum atomic E-state index is -3.75. The summed E-state index contributed by atoms with van der Waals surface area (Å²) in [4.78, 5) is 0.0976. The molecule has 112 valence electrons. The standard InChI is InChI=1S/C14H13BrFNO3S/c15-13-9-11(16)3-6-14(13)17-21(19,20)12-4-1-10(2-5-12)7-8-18/h1-6,9,17-18H,7-8H2. The van der Waals surface area contributed by atoms with E-state index in [2.05, 4.69) is 20.7 Å². The molecule has 0 aliphatic rings. The zero-order valence-electron chi connectivity index (χ0n) is 10.9. The van der Waals surface area contributed by atoms with Crippen molar-refractivity contribution < 1.29 is 17.9 Å². The number of anilines is 1. The molecule has 4 nitrogen and oxygen atoms in total. The van der Waals surface area contributed by atoms with Crippen LogP contribution in [0.2, 0.25) is 0 Å². The van der Waals surface area contributed by atoms with E-state index in [1.54, 1.807) is 12.1 Å². The lowest BCUT2D eigenvalue weighted by atomic mass is 10.2. The van der Waals surface area contributed by atoms with Crippen LogP contribution in [0.5, 0.6) is 0 Å². The first-order valence-electron chi connectivity index (χ1n) is 6.10. The van der Waals surface area contributed by atoms with Crippen LogP contribution in [-0.2, 0) is 16.4 Å². The van der Waals surface area contributed by atoms with Crippen molar-refractivity contribution in [2.24, 2.45) is 0 Å². The molecule has 0 unspecified atom stereocenters. The van der Waals surface area contributed by atoms with Crippen LogP contribution >= 0.6 is 15.9 Å². The molecule has 2 rings (SSSR count). The van der Waals surface area contributed by atoms with Crippen LogP contribution in [0.4, 0.5) is 10.1 Å². The van der Waals surface area contributed by atoms with Gasteiger partial charge in [-0.15, -0.1) is 0 Å². The molecule has 0 spiro atoms. The predicted molar refractivity (Wildman–Crippen MR) is 82.1 cm³/mol. The first kappa shape index (κ1) is 15.9. The quantitative estimate of drug-likeness (QED) is 0.846. The summed E-state index contributed by atoms with van der Waals surface area (Å²) in [6.45, 7) is 0.00682. The molecule has 0 fully saturated rings. The van der Waals surface area contributed by atoms with E-state index < -0.39 is 15.8 Å². The van der Waals surface area contributed by atoms with Gasteiger partial charge in [0.1, 0.15) is 5.82 Å². The van der Waals surface area contributed by atoms with Gasteiger partial charge in [-0.1, -0.05) is 12.1 Å². The van der Waals surface area contributed by atoms with Crippen LogP contribution in [-0.4, -0.2) is 20.1 Å². The van der Waals surface area contributed by atoms with Crippen molar-refractivity contribution in [2.75, 3.05) is 11.3 Å². The third-order valence-electron chi connectivity index (χ3n) is 2.81. The molecule has 0 aromatic heterocycles. The Balaban J connectivity index is 2.25. The Kier molecular flexibility index (Phi) is 4.97. The van der Waals surface area contributed by atoms with Gasteiger partial charge in [-0.25, -0.2) is 12.8 Å². The molecule has 0 heterocycles. The molecule has 2 N–H and O–H groups in total. The van der Waals surface area contributed by atoms with Crippen molar-refractivity contribution in [1.82, 2.24) is 0 Å². The van der Waals surface area contributed by atoms with Crippen LogP contribution in [0.25, 0.3) is 0 Å². The number of nitrogens with one attached hydrogen (secondary N) is 1. The second kappa shape index (κ2) is 6.55. The third kappa shape index (κ3) is 4.03. The van der Waals surface area contributed by atoms with E-state index in [0.717, 1.165) is 5.56 Å². The smallest absolute Gasteiger partial charge is 0.261 e. The van der Waals surface area contributed by atoms with Crippen LogP contribution in [0, 0.1) is 5.82 Å². The number of sulfonamides is 1. The summed E-state index contributed by atoms with van der Waals surface area (Å²) in [6.07, 6.45) is 0.470. The molecule has 0 aliphatic heterocycles. The van der Waals surface area contributed by atoms with Gasteiger partial charge in [-0.05, 0) is 58.2 Å². The van der Waals surface area contributed by atoms with E-state index in [0.29, 0.717) is 10.9 Å². The maximum atomic E-state index is 13.0. The number of halogens is 2. The Morgan fingerprint density at radius 2 is 1.81 bits per heavy atom.